The van der Waals surface area contributed by atoms with E-state index in [0.717, 1.165) is 23.6 Å². The van der Waals surface area contributed by atoms with E-state index in [1.807, 2.05) is 24.5 Å². The van der Waals surface area contributed by atoms with Crippen LogP contribution in [-0.4, -0.2) is 16.5 Å². The molecule has 0 aliphatic rings. The fourth-order valence-corrected chi connectivity index (χ4v) is 2.99. The van der Waals surface area contributed by atoms with Crippen molar-refractivity contribution in [1.82, 2.24) is 9.97 Å². The minimum atomic E-state index is 0.892. The Labute approximate surface area is 116 Å². The van der Waals surface area contributed by atoms with Crippen LogP contribution in [0, 0.1) is 6.92 Å². The number of benzene rings is 1. The molecule has 0 aliphatic heterocycles. The van der Waals surface area contributed by atoms with Crippen molar-refractivity contribution < 1.29 is 0 Å². The molecule has 0 saturated carbocycles. The number of hydrogen-bond acceptors (Lipinski definition) is 4. The molecule has 3 nitrogen and oxygen atoms in total. The summed E-state index contributed by atoms with van der Waals surface area (Å²) in [5.41, 5.74) is 3.63. The second kappa shape index (κ2) is 5.36. The molecule has 0 saturated heterocycles. The van der Waals surface area contributed by atoms with Gasteiger partial charge in [-0.2, -0.15) is 0 Å². The lowest BCUT2D eigenvalue weighted by Crippen LogP contribution is -2.04. The van der Waals surface area contributed by atoms with E-state index < -0.39 is 0 Å². The Kier molecular flexibility index (Phi) is 3.42. The number of aryl methyl sites for hydroxylation is 1. The van der Waals surface area contributed by atoms with Gasteiger partial charge in [0, 0.05) is 18.9 Å². The zero-order valence-electron chi connectivity index (χ0n) is 10.8. The molecule has 4 heteroatoms. The van der Waals surface area contributed by atoms with E-state index in [9.17, 15) is 0 Å². The van der Waals surface area contributed by atoms with Gasteiger partial charge in [-0.05, 0) is 42.7 Å². The van der Waals surface area contributed by atoms with Gasteiger partial charge in [-0.25, -0.2) is 4.98 Å². The molecule has 0 fully saturated rings. The third-order valence-corrected chi connectivity index (χ3v) is 4.04. The summed E-state index contributed by atoms with van der Waals surface area (Å²) in [5, 5.41) is 4.40. The molecule has 1 N–H and O–H groups in total. The molecule has 3 rings (SSSR count). The van der Waals surface area contributed by atoms with E-state index in [1.165, 1.54) is 15.8 Å². The normalized spacial score (nSPS) is 10.8. The molecule has 0 bridgehead atoms. The van der Waals surface area contributed by atoms with Crippen molar-refractivity contribution in [3.05, 3.63) is 53.9 Å². The number of pyridine rings is 1. The maximum absolute atomic E-state index is 4.64. The number of para-hydroxylation sites is 1. The van der Waals surface area contributed by atoms with Crippen LogP contribution < -0.4 is 5.32 Å². The maximum Gasteiger partial charge on any atom is 0.183 e. The van der Waals surface area contributed by atoms with Gasteiger partial charge in [0.15, 0.2) is 5.13 Å². The van der Waals surface area contributed by atoms with Crippen molar-refractivity contribution in [1.29, 1.82) is 0 Å². The van der Waals surface area contributed by atoms with Crippen LogP contribution in [0.15, 0.2) is 42.7 Å². The number of thiazole rings is 1. The average molecular weight is 269 g/mol. The number of hydrogen-bond donors (Lipinski definition) is 1. The Morgan fingerprint density at radius 1 is 1.16 bits per heavy atom. The van der Waals surface area contributed by atoms with Crippen molar-refractivity contribution in [2.75, 3.05) is 11.9 Å². The third-order valence-electron chi connectivity index (χ3n) is 3.06. The van der Waals surface area contributed by atoms with Crippen LogP contribution in [0.4, 0.5) is 5.13 Å². The zero-order valence-corrected chi connectivity index (χ0v) is 11.6. The largest absolute Gasteiger partial charge is 0.361 e. The smallest absolute Gasteiger partial charge is 0.183 e. The predicted molar refractivity (Wildman–Crippen MR) is 80.8 cm³/mol. The first kappa shape index (κ1) is 12.1. The summed E-state index contributed by atoms with van der Waals surface area (Å²) >= 11 is 1.71. The van der Waals surface area contributed by atoms with Crippen molar-refractivity contribution in [2.45, 2.75) is 13.3 Å². The van der Waals surface area contributed by atoms with Crippen molar-refractivity contribution >= 4 is 26.7 Å². The Morgan fingerprint density at radius 3 is 2.79 bits per heavy atom. The number of nitrogens with zero attached hydrogens (tertiary/aromatic N) is 2. The van der Waals surface area contributed by atoms with Crippen LogP contribution in [0.5, 0.6) is 0 Å². The van der Waals surface area contributed by atoms with Gasteiger partial charge < -0.3 is 5.32 Å². The van der Waals surface area contributed by atoms with Gasteiger partial charge in [-0.15, -0.1) is 0 Å². The number of nitrogens with one attached hydrogen (secondary N) is 1. The van der Waals surface area contributed by atoms with Crippen LogP contribution in [0.3, 0.4) is 0 Å². The highest BCUT2D eigenvalue weighted by Gasteiger charge is 2.04. The molecule has 19 heavy (non-hydrogen) atoms. The molecule has 0 unspecified atom stereocenters. The van der Waals surface area contributed by atoms with Crippen molar-refractivity contribution in [2.24, 2.45) is 0 Å². The van der Waals surface area contributed by atoms with E-state index in [1.54, 1.807) is 11.3 Å². The molecular formula is C15H15N3S. The molecular weight excluding hydrogens is 254 g/mol. The second-order valence-corrected chi connectivity index (χ2v) is 5.50. The van der Waals surface area contributed by atoms with Crippen LogP contribution >= 0.6 is 11.3 Å². The zero-order chi connectivity index (χ0) is 13.1. The molecule has 2 heterocycles. The molecule has 0 spiro atoms. The van der Waals surface area contributed by atoms with Gasteiger partial charge in [0.2, 0.25) is 0 Å². The lowest BCUT2D eigenvalue weighted by molar-refractivity contribution is 1.01. The minimum Gasteiger partial charge on any atom is -0.361 e. The summed E-state index contributed by atoms with van der Waals surface area (Å²) in [6, 6.07) is 10.4. The molecule has 3 aromatic rings. The first-order valence-electron chi connectivity index (χ1n) is 6.32. The van der Waals surface area contributed by atoms with Crippen LogP contribution in [0.25, 0.3) is 10.2 Å². The first-order valence-corrected chi connectivity index (χ1v) is 7.13. The summed E-state index contributed by atoms with van der Waals surface area (Å²) in [4.78, 5) is 8.66. The van der Waals surface area contributed by atoms with Crippen LogP contribution in [0.1, 0.15) is 11.1 Å². The van der Waals surface area contributed by atoms with Gasteiger partial charge in [0.1, 0.15) is 0 Å². The molecule has 0 aliphatic carbocycles. The summed E-state index contributed by atoms with van der Waals surface area (Å²) in [5.74, 6) is 0. The predicted octanol–water partition coefficient (Wildman–Crippen LogP) is 3.65. The molecule has 2 aromatic heterocycles. The van der Waals surface area contributed by atoms with E-state index in [2.05, 4.69) is 40.4 Å². The van der Waals surface area contributed by atoms with Crippen molar-refractivity contribution in [3.8, 4) is 0 Å². The highest BCUT2D eigenvalue weighted by atomic mass is 32.1. The molecule has 96 valence electrons. The van der Waals surface area contributed by atoms with Gasteiger partial charge in [-0.3, -0.25) is 4.98 Å². The summed E-state index contributed by atoms with van der Waals surface area (Å²) in [7, 11) is 0. The standard InChI is InChI=1S/C15H15N3S/c1-11-3-2-4-13-14(11)18-15(19-13)17-10-7-12-5-8-16-9-6-12/h2-6,8-9H,7,10H2,1H3,(H,17,18). The molecule has 0 radical (unpaired) electrons. The molecule has 1 aromatic carbocycles. The summed E-state index contributed by atoms with van der Waals surface area (Å²) < 4.78 is 1.24. The Hall–Kier alpha value is -1.94. The molecule has 0 atom stereocenters. The van der Waals surface area contributed by atoms with Gasteiger partial charge in [0.25, 0.3) is 0 Å². The summed E-state index contributed by atoms with van der Waals surface area (Å²) in [6.45, 7) is 2.99. The number of fused-ring (bicyclic) bond motifs is 1. The lowest BCUT2D eigenvalue weighted by Gasteiger charge is -2.01. The second-order valence-electron chi connectivity index (χ2n) is 4.47. The summed E-state index contributed by atoms with van der Waals surface area (Å²) in [6.07, 6.45) is 4.64. The van der Waals surface area contributed by atoms with Gasteiger partial charge >= 0.3 is 0 Å². The lowest BCUT2D eigenvalue weighted by atomic mass is 10.2. The van der Waals surface area contributed by atoms with Crippen molar-refractivity contribution in [3.63, 3.8) is 0 Å². The SMILES string of the molecule is Cc1cccc2sc(NCCc3ccncc3)nc12. The average Bonchev–Trinajstić information content (AvgIpc) is 2.84. The monoisotopic (exact) mass is 269 g/mol. The molecule has 0 amide bonds. The van der Waals surface area contributed by atoms with Gasteiger partial charge in [0.05, 0.1) is 10.2 Å². The number of rotatable bonds is 4. The third kappa shape index (κ3) is 2.74. The topological polar surface area (TPSA) is 37.8 Å². The first-order chi connectivity index (χ1) is 9.33. The highest BCUT2D eigenvalue weighted by molar-refractivity contribution is 7.22. The number of anilines is 1. The quantitative estimate of drug-likeness (QED) is 0.785. The van der Waals surface area contributed by atoms with E-state index in [4.69, 9.17) is 0 Å². The maximum atomic E-state index is 4.64. The van der Waals surface area contributed by atoms with E-state index >= 15 is 0 Å². The Bertz CT molecular complexity index is 676. The fourth-order valence-electron chi connectivity index (χ4n) is 2.03. The van der Waals surface area contributed by atoms with E-state index in [-0.39, 0.29) is 0 Å². The van der Waals surface area contributed by atoms with Crippen LogP contribution in [-0.2, 0) is 6.42 Å². The van der Waals surface area contributed by atoms with Gasteiger partial charge in [-0.1, -0.05) is 23.5 Å². The van der Waals surface area contributed by atoms with E-state index in [0.29, 0.717) is 0 Å². The minimum absolute atomic E-state index is 0.892. The number of aromatic nitrogens is 2. The Morgan fingerprint density at radius 2 is 2.00 bits per heavy atom. The van der Waals surface area contributed by atoms with Crippen LogP contribution in [0.2, 0.25) is 0 Å². The Balaban J connectivity index is 1.67. The fraction of sp³-hybridized carbons (Fsp3) is 0.200. The highest BCUT2D eigenvalue weighted by Crippen LogP contribution is 2.27.